The molecule has 10 nitrogen and oxygen atoms in total. The van der Waals surface area contributed by atoms with Crippen LogP contribution in [0.25, 0.3) is 6.08 Å². The Labute approximate surface area is 207 Å². The first-order valence-electron chi connectivity index (χ1n) is 11.3. The number of carbonyl (C=O) groups excluding carboxylic acids is 3. The molecule has 1 aromatic heterocycles. The van der Waals surface area contributed by atoms with Crippen LogP contribution in [0.2, 0.25) is 0 Å². The van der Waals surface area contributed by atoms with Crippen molar-refractivity contribution >= 4 is 40.8 Å². The second kappa shape index (κ2) is 9.31. The molecule has 3 fully saturated rings. The van der Waals surface area contributed by atoms with E-state index in [2.05, 4.69) is 20.2 Å². The fourth-order valence-electron chi connectivity index (χ4n) is 4.38. The average Bonchev–Trinajstić information content (AvgIpc) is 3.08. The quantitative estimate of drug-likeness (QED) is 0.576. The smallest absolute Gasteiger partial charge is 0.290 e. The van der Waals surface area contributed by atoms with Gasteiger partial charge in [-0.3, -0.25) is 19.7 Å². The zero-order valence-electron chi connectivity index (χ0n) is 19.6. The highest BCUT2D eigenvalue weighted by Gasteiger charge is 2.54. The van der Waals surface area contributed by atoms with E-state index in [1.807, 2.05) is 54.2 Å². The van der Waals surface area contributed by atoms with Crippen molar-refractivity contribution in [2.75, 3.05) is 58.3 Å². The number of nitrogens with zero attached hydrogens (tertiary/aromatic N) is 5. The molecule has 35 heavy (non-hydrogen) atoms. The van der Waals surface area contributed by atoms with Crippen molar-refractivity contribution in [2.24, 2.45) is 5.41 Å². The van der Waals surface area contributed by atoms with Crippen molar-refractivity contribution in [3.05, 3.63) is 52.6 Å². The van der Waals surface area contributed by atoms with Crippen molar-refractivity contribution in [3.8, 4) is 5.88 Å². The molecule has 0 bridgehead atoms. The van der Waals surface area contributed by atoms with Gasteiger partial charge in [-0.1, -0.05) is 18.2 Å². The van der Waals surface area contributed by atoms with Gasteiger partial charge in [0.15, 0.2) is 0 Å². The highest BCUT2D eigenvalue weighted by atomic mass is 32.2. The maximum Gasteiger partial charge on any atom is 0.290 e. The summed E-state index contributed by atoms with van der Waals surface area (Å²) in [6, 6.07) is 11.0. The third-order valence-corrected chi connectivity index (χ3v) is 6.93. The largest absolute Gasteiger partial charge is 0.476 e. The number of hydrogen-bond donors (Lipinski definition) is 1. The van der Waals surface area contributed by atoms with Gasteiger partial charge in [0.1, 0.15) is 6.61 Å². The van der Waals surface area contributed by atoms with E-state index in [1.54, 1.807) is 12.1 Å². The molecule has 3 saturated heterocycles. The number of rotatable bonds is 7. The van der Waals surface area contributed by atoms with Crippen LogP contribution in [0.5, 0.6) is 5.88 Å². The molecule has 1 aromatic carbocycles. The van der Waals surface area contributed by atoms with Gasteiger partial charge in [-0.05, 0) is 44.1 Å². The number of amides is 3. The molecule has 3 amide bonds. The number of thioether (sulfide) groups is 1. The number of likely N-dealkylation sites (N-methyl/N-ethyl adjacent to an activating group) is 1. The minimum absolute atomic E-state index is 0.0435. The van der Waals surface area contributed by atoms with E-state index in [9.17, 15) is 14.4 Å². The molecule has 0 radical (unpaired) electrons. The molecular weight excluding hydrogens is 468 g/mol. The maximum atomic E-state index is 12.7. The Kier molecular flexibility index (Phi) is 6.20. The van der Waals surface area contributed by atoms with Gasteiger partial charge in [0.25, 0.3) is 17.1 Å². The van der Waals surface area contributed by atoms with E-state index >= 15 is 0 Å². The Morgan fingerprint density at radius 1 is 1.17 bits per heavy atom. The van der Waals surface area contributed by atoms with E-state index in [0.717, 1.165) is 31.4 Å². The summed E-state index contributed by atoms with van der Waals surface area (Å²) in [4.78, 5) is 51.6. The number of ether oxygens (including phenoxy) is 1. The molecule has 0 aliphatic carbocycles. The summed E-state index contributed by atoms with van der Waals surface area (Å²) in [5, 5.41) is 1.85. The van der Waals surface area contributed by atoms with Crippen molar-refractivity contribution in [3.63, 3.8) is 0 Å². The minimum atomic E-state index is -0.434. The molecular formula is C24H26N6O4S. The lowest BCUT2D eigenvalue weighted by atomic mass is 9.72. The maximum absolute atomic E-state index is 12.7. The molecule has 0 saturated carbocycles. The number of likely N-dealkylation sites (tertiary alicyclic amines) is 1. The molecule has 5 rings (SSSR count). The molecule has 4 heterocycles. The van der Waals surface area contributed by atoms with Crippen LogP contribution in [0.4, 0.5) is 10.7 Å². The van der Waals surface area contributed by atoms with Crippen LogP contribution in [0.3, 0.4) is 0 Å². The SMILES string of the molecule is CN(C)CCOc1cc(/C=C2/SC(=O)NC2=O)nc(N2CC3(CN(C(=O)c4ccccc4)C3)C2)n1. The lowest BCUT2D eigenvalue weighted by Crippen LogP contribution is -2.73. The number of aromatic nitrogens is 2. The van der Waals surface area contributed by atoms with Gasteiger partial charge in [-0.15, -0.1) is 0 Å². The molecule has 11 heteroatoms. The zero-order valence-corrected chi connectivity index (χ0v) is 20.4. The van der Waals surface area contributed by atoms with E-state index < -0.39 is 11.1 Å². The predicted molar refractivity (Wildman–Crippen MR) is 132 cm³/mol. The topological polar surface area (TPSA) is 108 Å². The summed E-state index contributed by atoms with van der Waals surface area (Å²) < 4.78 is 5.84. The number of benzene rings is 1. The Morgan fingerprint density at radius 2 is 1.91 bits per heavy atom. The molecule has 182 valence electrons. The van der Waals surface area contributed by atoms with Crippen LogP contribution in [0, 0.1) is 5.41 Å². The first-order chi connectivity index (χ1) is 16.8. The van der Waals surface area contributed by atoms with Gasteiger partial charge in [-0.2, -0.15) is 4.98 Å². The summed E-state index contributed by atoms with van der Waals surface area (Å²) in [6.07, 6.45) is 1.58. The predicted octanol–water partition coefficient (Wildman–Crippen LogP) is 1.70. The van der Waals surface area contributed by atoms with E-state index in [0.29, 0.717) is 42.8 Å². The fourth-order valence-corrected chi connectivity index (χ4v) is 5.05. The first kappa shape index (κ1) is 23.3. The van der Waals surface area contributed by atoms with Crippen LogP contribution in [0.15, 0.2) is 41.3 Å². The molecule has 3 aliphatic heterocycles. The fraction of sp³-hybridized carbons (Fsp3) is 0.375. The Hall–Kier alpha value is -3.44. The van der Waals surface area contributed by atoms with Crippen LogP contribution < -0.4 is 15.0 Å². The summed E-state index contributed by atoms with van der Waals surface area (Å²) in [7, 11) is 3.92. The van der Waals surface area contributed by atoms with Crippen molar-refractivity contribution in [2.45, 2.75) is 0 Å². The van der Waals surface area contributed by atoms with Crippen molar-refractivity contribution in [1.29, 1.82) is 0 Å². The molecule has 2 aromatic rings. The van der Waals surface area contributed by atoms with Crippen LogP contribution in [-0.4, -0.2) is 90.2 Å². The van der Waals surface area contributed by atoms with Gasteiger partial charge in [0.2, 0.25) is 11.8 Å². The number of nitrogens with one attached hydrogen (secondary N) is 1. The first-order valence-corrected chi connectivity index (χ1v) is 12.1. The number of carbonyl (C=O) groups is 3. The molecule has 1 N–H and O–H groups in total. The van der Waals surface area contributed by atoms with E-state index in [-0.39, 0.29) is 16.2 Å². The van der Waals surface area contributed by atoms with Crippen molar-refractivity contribution in [1.82, 2.24) is 25.1 Å². The van der Waals surface area contributed by atoms with Crippen molar-refractivity contribution < 1.29 is 19.1 Å². The second-order valence-corrected chi connectivity index (χ2v) is 10.3. The highest BCUT2D eigenvalue weighted by Crippen LogP contribution is 2.42. The lowest BCUT2D eigenvalue weighted by Gasteiger charge is -2.60. The van der Waals surface area contributed by atoms with Gasteiger partial charge in [-0.25, -0.2) is 4.98 Å². The second-order valence-electron chi connectivity index (χ2n) is 9.32. The summed E-state index contributed by atoms with van der Waals surface area (Å²) in [6.45, 7) is 4.04. The van der Waals surface area contributed by atoms with E-state index in [1.165, 1.54) is 0 Å². The Morgan fingerprint density at radius 3 is 2.57 bits per heavy atom. The summed E-state index contributed by atoms with van der Waals surface area (Å²) >= 11 is 0.846. The summed E-state index contributed by atoms with van der Waals surface area (Å²) in [5.41, 5.74) is 1.24. The van der Waals surface area contributed by atoms with E-state index in [4.69, 9.17) is 4.74 Å². The monoisotopic (exact) mass is 494 g/mol. The van der Waals surface area contributed by atoms with Gasteiger partial charge < -0.3 is 19.4 Å². The lowest BCUT2D eigenvalue weighted by molar-refractivity contribution is -0.115. The molecule has 0 atom stereocenters. The third-order valence-electron chi connectivity index (χ3n) is 6.12. The molecule has 1 spiro atoms. The van der Waals surface area contributed by atoms with Gasteiger partial charge in [0, 0.05) is 49.8 Å². The van der Waals surface area contributed by atoms with Crippen LogP contribution in [0.1, 0.15) is 16.1 Å². The average molecular weight is 495 g/mol. The third kappa shape index (κ3) is 5.01. The van der Waals surface area contributed by atoms with Crippen LogP contribution in [-0.2, 0) is 4.79 Å². The van der Waals surface area contributed by atoms with Gasteiger partial charge >= 0.3 is 0 Å². The number of anilines is 1. The standard InChI is InChI=1S/C24H26N6O4S/c1-28(2)8-9-34-19-11-17(10-18-20(31)27-23(33)35-18)25-22(26-19)30-14-24(15-30)12-29(13-24)21(32)16-6-4-3-5-7-16/h3-7,10-11H,8-9,12-15H2,1-2H3,(H,27,31,33)/b18-10+. The summed E-state index contributed by atoms with van der Waals surface area (Å²) in [5.74, 6) is 0.537. The highest BCUT2D eigenvalue weighted by molar-refractivity contribution is 8.18. The number of hydrogen-bond acceptors (Lipinski definition) is 9. The molecule has 3 aliphatic rings. The normalized spacial score (nSPS) is 19.7. The number of imide groups is 1. The minimum Gasteiger partial charge on any atom is -0.476 e. The van der Waals surface area contributed by atoms with Crippen LogP contribution >= 0.6 is 11.8 Å². The Balaban J connectivity index is 1.28. The molecule has 0 unspecified atom stereocenters. The van der Waals surface area contributed by atoms with Gasteiger partial charge in [0.05, 0.1) is 10.6 Å². The zero-order chi connectivity index (χ0) is 24.6. The Bertz CT molecular complexity index is 1190.